The highest BCUT2D eigenvalue weighted by molar-refractivity contribution is 7.99. The minimum absolute atomic E-state index is 0.340. The molecule has 3 aromatic carbocycles. The first-order valence-corrected chi connectivity index (χ1v) is 10.5. The number of thiocarbonyl (C=S) groups is 1. The molecule has 0 heterocycles. The summed E-state index contributed by atoms with van der Waals surface area (Å²) >= 11 is 13.0. The summed E-state index contributed by atoms with van der Waals surface area (Å²) in [5.41, 5.74) is 2.17. The Morgan fingerprint density at radius 1 is 1.00 bits per heavy atom. The van der Waals surface area contributed by atoms with E-state index in [1.807, 2.05) is 48.5 Å². The standard InChI is InChI=1S/C22H19ClN2O2S2/c1-2-27-21(26)15-7-11-17(12-8-15)24-22(28)25-19-5-3-4-6-20(19)29-18-13-9-16(23)10-14-18/h3-14H,2H2,1H3,(H2,24,25,28). The van der Waals surface area contributed by atoms with Crippen molar-refractivity contribution in [3.05, 3.63) is 83.4 Å². The number of benzene rings is 3. The summed E-state index contributed by atoms with van der Waals surface area (Å²) in [6, 6.07) is 22.6. The minimum Gasteiger partial charge on any atom is -0.462 e. The smallest absolute Gasteiger partial charge is 0.338 e. The summed E-state index contributed by atoms with van der Waals surface area (Å²) in [6.45, 7) is 2.13. The van der Waals surface area contributed by atoms with Crippen LogP contribution in [0.15, 0.2) is 82.6 Å². The third kappa shape index (κ3) is 6.22. The Hall–Kier alpha value is -2.54. The zero-order valence-corrected chi connectivity index (χ0v) is 18.0. The van der Waals surface area contributed by atoms with Gasteiger partial charge < -0.3 is 15.4 Å². The van der Waals surface area contributed by atoms with Gasteiger partial charge in [-0.1, -0.05) is 35.5 Å². The number of esters is 1. The molecule has 0 fully saturated rings. The Balaban J connectivity index is 1.65. The second-order valence-corrected chi connectivity index (χ2v) is 7.89. The maximum Gasteiger partial charge on any atom is 0.338 e. The molecule has 0 saturated heterocycles. The number of carbonyl (C=O) groups is 1. The SMILES string of the molecule is CCOC(=O)c1ccc(NC(=S)Nc2ccccc2Sc2ccc(Cl)cc2)cc1. The van der Waals surface area contributed by atoms with Gasteiger partial charge in [0.2, 0.25) is 0 Å². The lowest BCUT2D eigenvalue weighted by Gasteiger charge is -2.14. The van der Waals surface area contributed by atoms with Crippen molar-refractivity contribution in [3.63, 3.8) is 0 Å². The molecular formula is C22H19ClN2O2S2. The van der Waals surface area contributed by atoms with Crippen LogP contribution in [0.1, 0.15) is 17.3 Å². The molecule has 0 saturated carbocycles. The molecule has 3 rings (SSSR count). The van der Waals surface area contributed by atoms with Crippen molar-refractivity contribution in [2.24, 2.45) is 0 Å². The topological polar surface area (TPSA) is 50.4 Å². The summed E-state index contributed by atoms with van der Waals surface area (Å²) < 4.78 is 4.99. The van der Waals surface area contributed by atoms with Crippen LogP contribution in [0.4, 0.5) is 11.4 Å². The van der Waals surface area contributed by atoms with Gasteiger partial charge in [-0.05, 0) is 79.8 Å². The summed E-state index contributed by atoms with van der Waals surface area (Å²) in [5.74, 6) is -0.340. The maximum atomic E-state index is 11.7. The third-order valence-electron chi connectivity index (χ3n) is 3.83. The number of halogens is 1. The molecule has 3 aromatic rings. The molecule has 0 aromatic heterocycles. The van der Waals surface area contributed by atoms with Gasteiger partial charge in [0.15, 0.2) is 5.11 Å². The summed E-state index contributed by atoms with van der Waals surface area (Å²) in [6.07, 6.45) is 0. The van der Waals surface area contributed by atoms with Crippen molar-refractivity contribution >= 4 is 58.0 Å². The number of para-hydroxylation sites is 1. The average Bonchev–Trinajstić information content (AvgIpc) is 2.72. The van der Waals surface area contributed by atoms with E-state index >= 15 is 0 Å². The number of anilines is 2. The predicted molar refractivity (Wildman–Crippen MR) is 124 cm³/mol. The molecule has 7 heteroatoms. The second kappa shape index (κ2) is 10.3. The van der Waals surface area contributed by atoms with Crippen LogP contribution in [0.2, 0.25) is 5.02 Å². The fraction of sp³-hybridized carbons (Fsp3) is 0.0909. The van der Waals surface area contributed by atoms with Crippen molar-refractivity contribution in [2.75, 3.05) is 17.2 Å². The summed E-state index contributed by atoms with van der Waals surface area (Å²) in [7, 11) is 0. The third-order valence-corrected chi connectivity index (χ3v) is 5.37. The number of ether oxygens (including phenoxy) is 1. The predicted octanol–water partition coefficient (Wildman–Crippen LogP) is 6.48. The van der Waals surface area contributed by atoms with Gasteiger partial charge in [-0.25, -0.2) is 4.79 Å². The molecule has 0 spiro atoms. The first kappa shape index (κ1) is 21.2. The molecule has 0 bridgehead atoms. The fourth-order valence-electron chi connectivity index (χ4n) is 2.48. The van der Waals surface area contributed by atoms with Crippen LogP contribution < -0.4 is 10.6 Å². The lowest BCUT2D eigenvalue weighted by atomic mass is 10.2. The molecule has 148 valence electrons. The van der Waals surface area contributed by atoms with E-state index in [0.717, 1.165) is 21.2 Å². The zero-order chi connectivity index (χ0) is 20.6. The lowest BCUT2D eigenvalue weighted by Crippen LogP contribution is -2.19. The first-order chi connectivity index (χ1) is 14.0. The van der Waals surface area contributed by atoms with E-state index in [4.69, 9.17) is 28.6 Å². The molecule has 0 aliphatic rings. The highest BCUT2D eigenvalue weighted by Crippen LogP contribution is 2.34. The Labute approximate surface area is 184 Å². The van der Waals surface area contributed by atoms with Gasteiger partial charge >= 0.3 is 5.97 Å². The van der Waals surface area contributed by atoms with E-state index in [1.54, 1.807) is 43.0 Å². The molecule has 2 N–H and O–H groups in total. The highest BCUT2D eigenvalue weighted by Gasteiger charge is 2.08. The molecule has 29 heavy (non-hydrogen) atoms. The van der Waals surface area contributed by atoms with Gasteiger partial charge in [0.25, 0.3) is 0 Å². The van der Waals surface area contributed by atoms with E-state index in [0.29, 0.717) is 22.3 Å². The monoisotopic (exact) mass is 442 g/mol. The van der Waals surface area contributed by atoms with E-state index in [2.05, 4.69) is 10.6 Å². The molecule has 4 nitrogen and oxygen atoms in total. The molecule has 0 unspecified atom stereocenters. The zero-order valence-electron chi connectivity index (χ0n) is 15.6. The highest BCUT2D eigenvalue weighted by atomic mass is 35.5. The Kier molecular flexibility index (Phi) is 7.52. The molecule has 0 aliphatic carbocycles. The molecule has 0 amide bonds. The number of carbonyl (C=O) groups excluding carboxylic acids is 1. The van der Waals surface area contributed by atoms with Crippen LogP contribution in [0.5, 0.6) is 0 Å². The van der Waals surface area contributed by atoms with E-state index in [-0.39, 0.29) is 5.97 Å². The largest absolute Gasteiger partial charge is 0.462 e. The van der Waals surface area contributed by atoms with Crippen molar-refractivity contribution in [2.45, 2.75) is 16.7 Å². The molecular weight excluding hydrogens is 424 g/mol. The van der Waals surface area contributed by atoms with Gasteiger partial charge in [0.05, 0.1) is 17.9 Å². The molecule has 0 atom stereocenters. The van der Waals surface area contributed by atoms with Gasteiger partial charge in [0, 0.05) is 20.5 Å². The number of nitrogens with one attached hydrogen (secondary N) is 2. The maximum absolute atomic E-state index is 11.7. The van der Waals surface area contributed by atoms with Crippen molar-refractivity contribution in [1.82, 2.24) is 0 Å². The van der Waals surface area contributed by atoms with Crippen molar-refractivity contribution < 1.29 is 9.53 Å². The van der Waals surface area contributed by atoms with Crippen LogP contribution in [-0.2, 0) is 4.74 Å². The quantitative estimate of drug-likeness (QED) is 0.336. The van der Waals surface area contributed by atoms with Crippen LogP contribution in [0, 0.1) is 0 Å². The van der Waals surface area contributed by atoms with Gasteiger partial charge in [0.1, 0.15) is 0 Å². The lowest BCUT2D eigenvalue weighted by molar-refractivity contribution is 0.0526. The van der Waals surface area contributed by atoms with E-state index in [9.17, 15) is 4.79 Å². The van der Waals surface area contributed by atoms with Crippen LogP contribution in [0.3, 0.4) is 0 Å². The number of rotatable bonds is 6. The van der Waals surface area contributed by atoms with Crippen LogP contribution in [-0.4, -0.2) is 17.7 Å². The van der Waals surface area contributed by atoms with Crippen LogP contribution >= 0.6 is 35.6 Å². The number of hydrogen-bond donors (Lipinski definition) is 2. The Bertz CT molecular complexity index is 992. The number of hydrogen-bond acceptors (Lipinski definition) is 4. The summed E-state index contributed by atoms with van der Waals surface area (Å²) in [4.78, 5) is 13.9. The van der Waals surface area contributed by atoms with Crippen molar-refractivity contribution in [1.29, 1.82) is 0 Å². The average molecular weight is 443 g/mol. The van der Waals surface area contributed by atoms with Crippen molar-refractivity contribution in [3.8, 4) is 0 Å². The molecule has 0 radical (unpaired) electrons. The normalized spacial score (nSPS) is 10.3. The van der Waals surface area contributed by atoms with Gasteiger partial charge in [-0.3, -0.25) is 0 Å². The Morgan fingerprint density at radius 2 is 1.69 bits per heavy atom. The van der Waals surface area contributed by atoms with Gasteiger partial charge in [-0.15, -0.1) is 0 Å². The van der Waals surface area contributed by atoms with E-state index < -0.39 is 0 Å². The van der Waals surface area contributed by atoms with E-state index in [1.165, 1.54) is 0 Å². The summed E-state index contributed by atoms with van der Waals surface area (Å²) in [5, 5.41) is 7.52. The first-order valence-electron chi connectivity index (χ1n) is 8.93. The second-order valence-electron chi connectivity index (χ2n) is 5.93. The van der Waals surface area contributed by atoms with Crippen LogP contribution in [0.25, 0.3) is 0 Å². The fourth-order valence-corrected chi connectivity index (χ4v) is 3.73. The molecule has 0 aliphatic heterocycles. The Morgan fingerprint density at radius 3 is 2.38 bits per heavy atom. The minimum atomic E-state index is -0.340. The van der Waals surface area contributed by atoms with Gasteiger partial charge in [-0.2, -0.15) is 0 Å².